The molecule has 3 aromatic rings. The summed E-state index contributed by atoms with van der Waals surface area (Å²) in [6.07, 6.45) is 0.885. The van der Waals surface area contributed by atoms with Crippen molar-refractivity contribution in [3.8, 4) is 17.9 Å². The van der Waals surface area contributed by atoms with Crippen LogP contribution in [-0.2, 0) is 13.2 Å². The van der Waals surface area contributed by atoms with E-state index in [9.17, 15) is 5.11 Å². The molecule has 0 spiro atoms. The molecule has 0 aliphatic carbocycles. The zero-order valence-electron chi connectivity index (χ0n) is 17.4. The van der Waals surface area contributed by atoms with Gasteiger partial charge in [0, 0.05) is 24.0 Å². The predicted octanol–water partition coefficient (Wildman–Crippen LogP) is 3.86. The van der Waals surface area contributed by atoms with E-state index in [2.05, 4.69) is 17.1 Å². The van der Waals surface area contributed by atoms with Crippen molar-refractivity contribution in [1.82, 2.24) is 4.98 Å². The summed E-state index contributed by atoms with van der Waals surface area (Å²) >= 11 is 0. The lowest BCUT2D eigenvalue weighted by molar-refractivity contribution is 0.188. The Morgan fingerprint density at radius 3 is 2.48 bits per heavy atom. The smallest absolute Gasteiger partial charge is 0.227 e. The SMILES string of the molecule is [B]N(Cc1cnc(C)c(OCc2cccc(C#N)c2)c1C(C)O)c1ccc(C#N)cc1. The number of benzene rings is 2. The first-order chi connectivity index (χ1) is 14.9. The van der Waals surface area contributed by atoms with E-state index in [1.165, 1.54) is 4.81 Å². The average molecular weight is 408 g/mol. The van der Waals surface area contributed by atoms with E-state index in [4.69, 9.17) is 23.2 Å². The fourth-order valence-electron chi connectivity index (χ4n) is 3.30. The summed E-state index contributed by atoms with van der Waals surface area (Å²) in [6, 6.07) is 18.3. The molecule has 0 aliphatic heterocycles. The molecule has 1 heterocycles. The van der Waals surface area contributed by atoms with Crippen molar-refractivity contribution >= 4 is 13.7 Å². The van der Waals surface area contributed by atoms with Gasteiger partial charge in [0.15, 0.2) is 0 Å². The number of aliphatic hydroxyl groups excluding tert-OH is 1. The molecule has 3 rings (SSSR count). The normalized spacial score (nSPS) is 11.3. The van der Waals surface area contributed by atoms with Crippen molar-refractivity contribution in [3.05, 3.63) is 88.2 Å². The van der Waals surface area contributed by atoms with Crippen LogP contribution in [0.1, 0.15) is 46.5 Å². The van der Waals surface area contributed by atoms with Gasteiger partial charge < -0.3 is 14.7 Å². The summed E-state index contributed by atoms with van der Waals surface area (Å²) in [5.41, 5.74) is 4.68. The van der Waals surface area contributed by atoms with Gasteiger partial charge in [0.05, 0.1) is 35.1 Å². The Labute approximate surface area is 183 Å². The van der Waals surface area contributed by atoms with Crippen molar-refractivity contribution in [2.75, 3.05) is 4.81 Å². The van der Waals surface area contributed by atoms with Gasteiger partial charge in [0.2, 0.25) is 7.98 Å². The van der Waals surface area contributed by atoms with Crippen LogP contribution in [0.5, 0.6) is 5.75 Å². The van der Waals surface area contributed by atoms with Crippen LogP contribution in [0.3, 0.4) is 0 Å². The summed E-state index contributed by atoms with van der Waals surface area (Å²) in [6.45, 7) is 4.02. The minimum Gasteiger partial charge on any atom is -0.487 e. The molecule has 2 aromatic carbocycles. The Kier molecular flexibility index (Phi) is 6.92. The van der Waals surface area contributed by atoms with Gasteiger partial charge in [-0.25, -0.2) is 0 Å². The van der Waals surface area contributed by atoms with E-state index in [-0.39, 0.29) is 6.61 Å². The molecule has 0 saturated heterocycles. The zero-order valence-corrected chi connectivity index (χ0v) is 17.4. The van der Waals surface area contributed by atoms with E-state index >= 15 is 0 Å². The average Bonchev–Trinajstić information content (AvgIpc) is 2.79. The molecule has 1 unspecified atom stereocenters. The number of nitriles is 2. The number of rotatable bonds is 7. The fourth-order valence-corrected chi connectivity index (χ4v) is 3.30. The van der Waals surface area contributed by atoms with E-state index in [1.807, 2.05) is 13.0 Å². The van der Waals surface area contributed by atoms with Gasteiger partial charge >= 0.3 is 0 Å². The van der Waals surface area contributed by atoms with Crippen LogP contribution in [0.25, 0.3) is 0 Å². The standard InChI is InChI=1S/C24H21BN4O2/c1-16-24(31-15-20-5-3-4-19(10-20)12-27)23(17(2)30)21(13-28-16)14-29(25)22-8-6-18(11-26)7-9-22/h3-10,13,17,30H,14-15H2,1-2H3. The van der Waals surface area contributed by atoms with Gasteiger partial charge in [-0.05, 0) is 61.4 Å². The second kappa shape index (κ2) is 9.80. The van der Waals surface area contributed by atoms with Gasteiger partial charge in [-0.15, -0.1) is 0 Å². The van der Waals surface area contributed by atoms with Gasteiger partial charge in [0.25, 0.3) is 0 Å². The molecule has 0 saturated carbocycles. The van der Waals surface area contributed by atoms with Crippen LogP contribution in [0.15, 0.2) is 54.7 Å². The minimum atomic E-state index is -0.800. The molecule has 7 heteroatoms. The Bertz CT molecular complexity index is 1150. The number of aliphatic hydroxyl groups is 1. The minimum absolute atomic E-state index is 0.239. The second-order valence-electron chi connectivity index (χ2n) is 7.18. The lowest BCUT2D eigenvalue weighted by Gasteiger charge is -2.24. The highest BCUT2D eigenvalue weighted by atomic mass is 16.5. The number of hydrogen-bond acceptors (Lipinski definition) is 6. The summed E-state index contributed by atoms with van der Waals surface area (Å²) in [7, 11) is 6.24. The number of pyridine rings is 1. The number of hydrogen-bond donors (Lipinski definition) is 1. The summed E-state index contributed by atoms with van der Waals surface area (Å²) in [5.74, 6) is 0.503. The maximum Gasteiger partial charge on any atom is 0.227 e. The fraction of sp³-hybridized carbons (Fsp3) is 0.208. The molecule has 1 N–H and O–H groups in total. The molecule has 6 nitrogen and oxygen atoms in total. The first-order valence-corrected chi connectivity index (χ1v) is 9.73. The van der Waals surface area contributed by atoms with Crippen molar-refractivity contribution in [2.24, 2.45) is 0 Å². The predicted molar refractivity (Wildman–Crippen MR) is 118 cm³/mol. The molecular formula is C24H21BN4O2. The highest BCUT2D eigenvalue weighted by Gasteiger charge is 2.19. The Hall–Kier alpha value is -3.81. The molecule has 1 aromatic heterocycles. The Balaban J connectivity index is 1.87. The number of aryl methyl sites for hydroxylation is 1. The topological polar surface area (TPSA) is 93.2 Å². The lowest BCUT2D eigenvalue weighted by atomic mass is 10.0. The molecule has 0 bridgehead atoms. The molecular weight excluding hydrogens is 387 g/mol. The van der Waals surface area contributed by atoms with E-state index in [0.717, 1.165) is 16.8 Å². The molecule has 1 atom stereocenters. The quantitative estimate of drug-likeness (QED) is 0.597. The van der Waals surface area contributed by atoms with E-state index in [1.54, 1.807) is 55.6 Å². The van der Waals surface area contributed by atoms with Crippen molar-refractivity contribution in [1.29, 1.82) is 10.5 Å². The second-order valence-corrected chi connectivity index (χ2v) is 7.18. The van der Waals surface area contributed by atoms with Crippen LogP contribution < -0.4 is 9.55 Å². The highest BCUT2D eigenvalue weighted by Crippen LogP contribution is 2.33. The van der Waals surface area contributed by atoms with E-state index < -0.39 is 6.10 Å². The third-order valence-corrected chi connectivity index (χ3v) is 4.86. The maximum absolute atomic E-state index is 10.5. The van der Waals surface area contributed by atoms with Crippen LogP contribution in [0.4, 0.5) is 5.69 Å². The first kappa shape index (κ1) is 21.9. The van der Waals surface area contributed by atoms with Gasteiger partial charge in [-0.2, -0.15) is 10.5 Å². The summed E-state index contributed by atoms with van der Waals surface area (Å²) in [4.78, 5) is 5.96. The molecule has 2 radical (unpaired) electrons. The number of nitrogens with zero attached hydrogens (tertiary/aromatic N) is 4. The van der Waals surface area contributed by atoms with Crippen molar-refractivity contribution in [3.63, 3.8) is 0 Å². The molecule has 152 valence electrons. The monoisotopic (exact) mass is 408 g/mol. The highest BCUT2D eigenvalue weighted by molar-refractivity contribution is 6.17. The molecule has 0 aliphatic rings. The largest absolute Gasteiger partial charge is 0.487 e. The van der Waals surface area contributed by atoms with Crippen LogP contribution >= 0.6 is 0 Å². The van der Waals surface area contributed by atoms with Crippen molar-refractivity contribution in [2.45, 2.75) is 33.1 Å². The Morgan fingerprint density at radius 1 is 1.13 bits per heavy atom. The third-order valence-electron chi connectivity index (χ3n) is 4.86. The Morgan fingerprint density at radius 2 is 1.84 bits per heavy atom. The lowest BCUT2D eigenvalue weighted by Crippen LogP contribution is -2.20. The number of aromatic nitrogens is 1. The van der Waals surface area contributed by atoms with Gasteiger partial charge in [-0.1, -0.05) is 12.1 Å². The molecule has 0 amide bonds. The third kappa shape index (κ3) is 5.22. The van der Waals surface area contributed by atoms with Crippen LogP contribution in [0, 0.1) is 29.6 Å². The number of anilines is 1. The van der Waals surface area contributed by atoms with Crippen LogP contribution in [-0.4, -0.2) is 18.1 Å². The number of ether oxygens (including phenoxy) is 1. The zero-order chi connectivity index (χ0) is 22.4. The summed E-state index contributed by atoms with van der Waals surface area (Å²) < 4.78 is 6.05. The van der Waals surface area contributed by atoms with Crippen molar-refractivity contribution < 1.29 is 9.84 Å². The van der Waals surface area contributed by atoms with Crippen LogP contribution in [0.2, 0.25) is 0 Å². The van der Waals surface area contributed by atoms with Gasteiger partial charge in [-0.3, -0.25) is 4.98 Å². The maximum atomic E-state index is 10.5. The van der Waals surface area contributed by atoms with E-state index in [0.29, 0.717) is 34.7 Å². The summed E-state index contributed by atoms with van der Waals surface area (Å²) in [5, 5.41) is 28.5. The molecule has 31 heavy (non-hydrogen) atoms. The first-order valence-electron chi connectivity index (χ1n) is 9.73. The van der Waals surface area contributed by atoms with Gasteiger partial charge in [0.1, 0.15) is 12.4 Å². The molecule has 0 fully saturated rings.